The summed E-state index contributed by atoms with van der Waals surface area (Å²) in [7, 11) is 0. The van der Waals surface area contributed by atoms with Gasteiger partial charge in [-0.05, 0) is 90.6 Å². The molecule has 2 nitrogen and oxygen atoms in total. The van der Waals surface area contributed by atoms with Crippen molar-refractivity contribution in [2.24, 2.45) is 0 Å². The molecule has 0 fully saturated rings. The summed E-state index contributed by atoms with van der Waals surface area (Å²) >= 11 is 0. The van der Waals surface area contributed by atoms with E-state index in [1.54, 1.807) is 0 Å². The smallest absolute Gasteiger partial charge is 0.102 e. The molecule has 2 heteroatoms. The van der Waals surface area contributed by atoms with Crippen LogP contribution in [0.4, 0.5) is 0 Å². The largest absolute Gasteiger partial charge is 0.357 e. The van der Waals surface area contributed by atoms with Crippen LogP contribution in [0.5, 0.6) is 0 Å². The lowest BCUT2D eigenvalue weighted by Crippen LogP contribution is -1.97. The Bertz CT molecular complexity index is 2390. The van der Waals surface area contributed by atoms with Crippen molar-refractivity contribution >= 4 is 64.9 Å². The molecule has 0 spiro atoms. The van der Waals surface area contributed by atoms with Gasteiger partial charge in [-0.15, -0.1) is 0 Å². The molecule has 2 aliphatic rings. The number of ether oxygens (including phenoxy) is 1. The Morgan fingerprint density at radius 3 is 1.65 bits per heavy atom. The predicted molar refractivity (Wildman–Crippen MR) is 167 cm³/mol. The molecule has 1 aromatic heterocycles. The highest BCUT2D eigenvalue weighted by atomic mass is 16.5. The van der Waals surface area contributed by atoms with Gasteiger partial charge in [0.25, 0.3) is 0 Å². The topological polar surface area (TPSA) is 14.2 Å². The van der Waals surface area contributed by atoms with Crippen molar-refractivity contribution in [3.63, 3.8) is 0 Å². The number of nitrogens with zero attached hydrogens (tertiary/aromatic N) is 1. The van der Waals surface area contributed by atoms with E-state index in [4.69, 9.17) is 4.74 Å². The van der Waals surface area contributed by atoms with Crippen molar-refractivity contribution in [1.29, 1.82) is 0 Å². The van der Waals surface area contributed by atoms with Crippen molar-refractivity contribution in [2.75, 3.05) is 0 Å². The Labute approximate surface area is 230 Å². The van der Waals surface area contributed by atoms with Crippen molar-refractivity contribution in [3.05, 3.63) is 139 Å². The van der Waals surface area contributed by atoms with Gasteiger partial charge in [-0.25, -0.2) is 0 Å². The molecule has 0 saturated heterocycles. The van der Waals surface area contributed by atoms with E-state index < -0.39 is 0 Å². The molecule has 186 valence electrons. The summed E-state index contributed by atoms with van der Waals surface area (Å²) in [5.74, 6) is 0. The lowest BCUT2D eigenvalue weighted by atomic mass is 9.94. The number of fused-ring (bicyclic) bond motifs is 15. The van der Waals surface area contributed by atoms with E-state index in [-0.39, 0.29) is 12.2 Å². The van der Waals surface area contributed by atoms with Crippen molar-refractivity contribution in [2.45, 2.75) is 12.2 Å². The third-order valence-electron chi connectivity index (χ3n) is 9.19. The molecule has 0 saturated carbocycles. The van der Waals surface area contributed by atoms with Crippen LogP contribution in [0.3, 0.4) is 0 Å². The van der Waals surface area contributed by atoms with Crippen LogP contribution >= 0.6 is 0 Å². The summed E-state index contributed by atoms with van der Waals surface area (Å²) in [6, 6.07) is 42.8. The van der Waals surface area contributed by atoms with Gasteiger partial charge in [0.15, 0.2) is 0 Å². The third-order valence-corrected chi connectivity index (χ3v) is 9.19. The van der Waals surface area contributed by atoms with Crippen LogP contribution in [0.1, 0.15) is 23.3 Å². The average molecular weight is 510 g/mol. The number of rotatable bonds is 1. The van der Waals surface area contributed by atoms with Crippen LogP contribution in [-0.4, -0.2) is 4.57 Å². The van der Waals surface area contributed by atoms with Gasteiger partial charge in [-0.1, -0.05) is 91.0 Å². The molecule has 2 bridgehead atoms. The number of hydrogen-bond acceptors (Lipinski definition) is 1. The summed E-state index contributed by atoms with van der Waals surface area (Å²) in [6.07, 6.45) is 4.53. The van der Waals surface area contributed by atoms with Gasteiger partial charge in [0.1, 0.15) is 12.2 Å². The Balaban J connectivity index is 1.36. The number of aromatic nitrogens is 1. The summed E-state index contributed by atoms with van der Waals surface area (Å²) in [6.45, 7) is 0. The first kappa shape index (κ1) is 21.0. The summed E-state index contributed by atoms with van der Waals surface area (Å²) in [4.78, 5) is 0. The standard InChI is InChI=1S/C38H23NO/c1-2-8-23-18-35-31(17-22(23)7-1)32-20-33-34(38-16-15-37(33)40-38)21-36(32)39(35)24-13-14-29-27-11-4-3-9-25(27)26-10-5-6-12-28(26)30(29)19-24/h1-21,37-38H. The molecule has 0 amide bonds. The number of hydrogen-bond donors (Lipinski definition) is 0. The van der Waals surface area contributed by atoms with Crippen LogP contribution in [-0.2, 0) is 4.74 Å². The minimum atomic E-state index is 0.0573. The summed E-state index contributed by atoms with van der Waals surface area (Å²) in [5, 5.41) is 12.9. The monoisotopic (exact) mass is 509 g/mol. The maximum absolute atomic E-state index is 6.24. The van der Waals surface area contributed by atoms with Crippen molar-refractivity contribution < 1.29 is 4.74 Å². The van der Waals surface area contributed by atoms with E-state index >= 15 is 0 Å². The second kappa shape index (κ2) is 7.38. The van der Waals surface area contributed by atoms with E-state index in [0.29, 0.717) is 0 Å². The maximum Gasteiger partial charge on any atom is 0.102 e. The van der Waals surface area contributed by atoms with Gasteiger partial charge in [0, 0.05) is 16.5 Å². The Morgan fingerprint density at radius 1 is 0.425 bits per heavy atom. The molecule has 8 aromatic rings. The minimum absolute atomic E-state index is 0.0573. The fourth-order valence-corrected chi connectivity index (χ4v) is 7.39. The molecule has 3 heterocycles. The summed E-state index contributed by atoms with van der Waals surface area (Å²) < 4.78 is 8.71. The molecular weight excluding hydrogens is 486 g/mol. The van der Waals surface area contributed by atoms with Crippen LogP contribution in [0, 0.1) is 0 Å². The lowest BCUT2D eigenvalue weighted by Gasteiger charge is -2.14. The Morgan fingerprint density at radius 2 is 0.950 bits per heavy atom. The summed E-state index contributed by atoms with van der Waals surface area (Å²) in [5.41, 5.74) is 6.26. The van der Waals surface area contributed by atoms with Crippen LogP contribution in [0.15, 0.2) is 127 Å². The van der Waals surface area contributed by atoms with E-state index in [9.17, 15) is 0 Å². The third kappa shape index (κ3) is 2.62. The fraction of sp³-hybridized carbons (Fsp3) is 0.0526. The van der Waals surface area contributed by atoms with E-state index in [0.717, 1.165) is 0 Å². The molecule has 40 heavy (non-hydrogen) atoms. The molecule has 2 atom stereocenters. The zero-order chi connectivity index (χ0) is 25.9. The fourth-order valence-electron chi connectivity index (χ4n) is 7.39. The molecule has 2 aliphatic heterocycles. The van der Waals surface area contributed by atoms with Crippen LogP contribution < -0.4 is 0 Å². The van der Waals surface area contributed by atoms with Crippen molar-refractivity contribution in [1.82, 2.24) is 4.57 Å². The van der Waals surface area contributed by atoms with E-state index in [1.165, 1.54) is 81.7 Å². The molecule has 2 unspecified atom stereocenters. The van der Waals surface area contributed by atoms with Gasteiger partial charge < -0.3 is 9.30 Å². The van der Waals surface area contributed by atoms with Crippen LogP contribution in [0.25, 0.3) is 70.6 Å². The first-order valence-corrected chi connectivity index (χ1v) is 14.0. The minimum Gasteiger partial charge on any atom is -0.357 e. The Hall–Kier alpha value is -4.92. The van der Waals surface area contributed by atoms with Gasteiger partial charge in [-0.3, -0.25) is 0 Å². The van der Waals surface area contributed by atoms with Gasteiger partial charge in [0.2, 0.25) is 0 Å². The molecule has 7 aromatic carbocycles. The van der Waals surface area contributed by atoms with Crippen molar-refractivity contribution in [3.8, 4) is 5.69 Å². The molecule has 0 aliphatic carbocycles. The first-order chi connectivity index (χ1) is 19.8. The molecular formula is C38H23NO. The zero-order valence-electron chi connectivity index (χ0n) is 21.6. The number of benzene rings is 7. The lowest BCUT2D eigenvalue weighted by molar-refractivity contribution is 0.0879. The molecule has 0 N–H and O–H groups in total. The van der Waals surface area contributed by atoms with E-state index in [2.05, 4.69) is 132 Å². The average Bonchev–Trinajstić information content (AvgIpc) is 3.71. The van der Waals surface area contributed by atoms with E-state index in [1.807, 2.05) is 0 Å². The van der Waals surface area contributed by atoms with Gasteiger partial charge in [-0.2, -0.15) is 0 Å². The SMILES string of the molecule is C1=CC2OC1c1cc3c4cc5ccccc5cc4n(-c4ccc5c6ccccc6c6ccccc6c5c4)c3cc12. The second-order valence-corrected chi connectivity index (χ2v) is 11.2. The Kier molecular flexibility index (Phi) is 3.87. The van der Waals surface area contributed by atoms with Gasteiger partial charge >= 0.3 is 0 Å². The quantitative estimate of drug-likeness (QED) is 0.159. The predicted octanol–water partition coefficient (Wildman–Crippen LogP) is 10.1. The van der Waals surface area contributed by atoms with Gasteiger partial charge in [0.05, 0.1) is 11.0 Å². The molecule has 10 rings (SSSR count). The molecule has 0 radical (unpaired) electrons. The highest BCUT2D eigenvalue weighted by molar-refractivity contribution is 6.25. The second-order valence-electron chi connectivity index (χ2n) is 11.2. The maximum atomic E-state index is 6.24. The normalized spacial score (nSPS) is 17.8. The highest BCUT2D eigenvalue weighted by Gasteiger charge is 2.34. The van der Waals surface area contributed by atoms with Crippen LogP contribution in [0.2, 0.25) is 0 Å². The first-order valence-electron chi connectivity index (χ1n) is 14.0. The highest BCUT2D eigenvalue weighted by Crippen LogP contribution is 2.49. The zero-order valence-corrected chi connectivity index (χ0v) is 21.6.